The summed E-state index contributed by atoms with van der Waals surface area (Å²) in [6.45, 7) is 5.22. The van der Waals surface area contributed by atoms with Crippen molar-refractivity contribution in [2.45, 2.75) is 33.2 Å². The molecule has 112 valence electrons. The molecule has 0 aromatic heterocycles. The molecule has 0 aliphatic heterocycles. The molecular formula is C18H21BrIN. The molecule has 1 nitrogen and oxygen atoms in total. The first-order valence-electron chi connectivity index (χ1n) is 7.22. The Hall–Kier alpha value is -0.680. The third-order valence-electron chi connectivity index (χ3n) is 3.05. The lowest BCUT2D eigenvalue weighted by Gasteiger charge is -2.08. The molecule has 0 amide bonds. The smallest absolute Gasteiger partial charge is 0.0400 e. The maximum absolute atomic E-state index is 3.54. The van der Waals surface area contributed by atoms with Crippen LogP contribution >= 0.6 is 36.7 Å². The summed E-state index contributed by atoms with van der Waals surface area (Å²) in [4.78, 5) is 0. The Morgan fingerprint density at radius 3 is 2.57 bits per heavy atom. The molecule has 0 bridgehead atoms. The molecule has 1 N–H and O–H groups in total. The van der Waals surface area contributed by atoms with Crippen molar-refractivity contribution in [3.63, 3.8) is 0 Å². The maximum Gasteiger partial charge on any atom is 0.0400 e. The molecule has 0 radical (unpaired) electrons. The molecule has 0 unspecified atom stereocenters. The van der Waals surface area contributed by atoms with Gasteiger partial charge in [0.15, 0.2) is 0 Å². The summed E-state index contributed by atoms with van der Waals surface area (Å²) in [5, 5.41) is 3.49. The van der Waals surface area contributed by atoms with Gasteiger partial charge in [-0.2, -0.15) is 0 Å². The van der Waals surface area contributed by atoms with Gasteiger partial charge in [0.1, 0.15) is 0 Å². The summed E-state index contributed by atoms with van der Waals surface area (Å²) >= 11 is 3.63. The number of rotatable bonds is 6. The van der Waals surface area contributed by atoms with Crippen molar-refractivity contribution in [1.82, 2.24) is 0 Å². The molecule has 2 aromatic rings. The zero-order chi connectivity index (χ0) is 15.1. The van der Waals surface area contributed by atoms with E-state index in [0.717, 1.165) is 16.7 Å². The van der Waals surface area contributed by atoms with Gasteiger partial charge in [0.05, 0.1) is 0 Å². The molecule has 3 heteroatoms. The van der Waals surface area contributed by atoms with Crippen LogP contribution in [-0.4, -0.2) is 4.01 Å². The summed E-state index contributed by atoms with van der Waals surface area (Å²) in [6, 6.07) is 15.5. The van der Waals surface area contributed by atoms with Crippen LogP contribution in [0.1, 0.15) is 30.9 Å². The van der Waals surface area contributed by atoms with E-state index in [9.17, 15) is 0 Å². The van der Waals surface area contributed by atoms with Crippen molar-refractivity contribution in [3.8, 4) is 0 Å². The molecular weight excluding hydrogens is 437 g/mol. The Bertz CT molecular complexity index is 585. The van der Waals surface area contributed by atoms with Crippen molar-refractivity contribution >= 4 is 46.4 Å². The Morgan fingerprint density at radius 1 is 1.14 bits per heavy atom. The number of nitrogens with one attached hydrogen (secondary N) is 1. The number of unbranched alkanes of at least 4 members (excludes halogenated alkanes) is 1. The predicted octanol–water partition coefficient (Wildman–Crippen LogP) is 6.11. The first kappa shape index (κ1) is 16.7. The molecule has 0 saturated carbocycles. The second kappa shape index (κ2) is 8.69. The van der Waals surface area contributed by atoms with Gasteiger partial charge in [-0.15, -0.1) is 0 Å². The van der Waals surface area contributed by atoms with Crippen LogP contribution in [0, 0.1) is 10.5 Å². The van der Waals surface area contributed by atoms with Crippen molar-refractivity contribution < 1.29 is 0 Å². The quantitative estimate of drug-likeness (QED) is 0.515. The number of benzene rings is 2. The average Bonchev–Trinajstić information content (AvgIpc) is 2.46. The van der Waals surface area contributed by atoms with Crippen molar-refractivity contribution in [3.05, 3.63) is 61.6 Å². The van der Waals surface area contributed by atoms with Crippen LogP contribution in [0.4, 0.5) is 5.69 Å². The molecule has 21 heavy (non-hydrogen) atoms. The zero-order valence-electron chi connectivity index (χ0n) is 12.5. The van der Waals surface area contributed by atoms with Gasteiger partial charge in [0, 0.05) is 20.3 Å². The van der Waals surface area contributed by atoms with Crippen LogP contribution in [-0.2, 0) is 6.54 Å². The number of anilines is 1. The number of hydrogen-bond donors (Lipinski definition) is 1. The maximum atomic E-state index is 3.54. The summed E-state index contributed by atoms with van der Waals surface area (Å²) in [6.07, 6.45) is 2.51. The molecule has 2 rings (SSSR count). The lowest BCUT2D eigenvalue weighted by Crippen LogP contribution is -1.99. The van der Waals surface area contributed by atoms with Crippen molar-refractivity contribution in [2.24, 2.45) is 0 Å². The summed E-state index contributed by atoms with van der Waals surface area (Å²) in [5.41, 5.74) is 3.75. The van der Waals surface area contributed by atoms with Crippen LogP contribution in [0.25, 0.3) is 0 Å². The lowest BCUT2D eigenvalue weighted by molar-refractivity contribution is 1.02. The highest BCUT2D eigenvalue weighted by Crippen LogP contribution is 2.20. The first-order valence-corrected chi connectivity index (χ1v) is 10.3. The van der Waals surface area contributed by atoms with Crippen molar-refractivity contribution in [2.75, 3.05) is 5.32 Å². The number of halogens is 2. The van der Waals surface area contributed by atoms with E-state index in [4.69, 9.17) is 0 Å². The van der Waals surface area contributed by atoms with E-state index in [1.165, 1.54) is 27.5 Å². The topological polar surface area (TPSA) is 12.0 Å². The minimum atomic E-state index is 0.0928. The summed E-state index contributed by atoms with van der Waals surface area (Å²) in [5.74, 6) is 0. The predicted molar refractivity (Wildman–Crippen MR) is 106 cm³/mol. The van der Waals surface area contributed by atoms with Gasteiger partial charge in [-0.3, -0.25) is 0 Å². The SMILES string of the molecule is CCCC=Ic1ccc(CNc2cc(C)cc(Br)c2)cc1. The van der Waals surface area contributed by atoms with Crippen LogP contribution < -0.4 is 5.32 Å². The highest BCUT2D eigenvalue weighted by Gasteiger charge is 1.97. The van der Waals surface area contributed by atoms with E-state index in [2.05, 4.69) is 81.6 Å². The van der Waals surface area contributed by atoms with E-state index in [1.54, 1.807) is 0 Å². The van der Waals surface area contributed by atoms with Gasteiger partial charge in [-0.05, 0) is 54.8 Å². The van der Waals surface area contributed by atoms with Gasteiger partial charge >= 0.3 is 0 Å². The molecule has 0 saturated heterocycles. The second-order valence-electron chi connectivity index (χ2n) is 5.05. The normalized spacial score (nSPS) is 11.4. The van der Waals surface area contributed by atoms with Gasteiger partial charge in [-0.1, -0.05) is 66.1 Å². The monoisotopic (exact) mass is 457 g/mol. The van der Waals surface area contributed by atoms with Gasteiger partial charge in [0.2, 0.25) is 0 Å². The average molecular weight is 458 g/mol. The van der Waals surface area contributed by atoms with E-state index >= 15 is 0 Å². The lowest BCUT2D eigenvalue weighted by atomic mass is 10.2. The summed E-state index contributed by atoms with van der Waals surface area (Å²) < 4.78 is 5.09. The van der Waals surface area contributed by atoms with Crippen LogP contribution in [0.5, 0.6) is 0 Å². The molecule has 0 fully saturated rings. The third-order valence-corrected chi connectivity index (χ3v) is 6.01. The molecule has 0 atom stereocenters. The largest absolute Gasteiger partial charge is 0.381 e. The van der Waals surface area contributed by atoms with E-state index in [0.29, 0.717) is 0 Å². The molecule has 0 spiro atoms. The fourth-order valence-electron chi connectivity index (χ4n) is 1.97. The molecule has 0 aliphatic carbocycles. The third kappa shape index (κ3) is 5.91. The Morgan fingerprint density at radius 2 is 1.90 bits per heavy atom. The van der Waals surface area contributed by atoms with E-state index in [1.807, 2.05) is 0 Å². The fraction of sp³-hybridized carbons (Fsp3) is 0.278. The molecule has 2 aromatic carbocycles. The highest BCUT2D eigenvalue weighted by atomic mass is 127. The highest BCUT2D eigenvalue weighted by molar-refractivity contribution is 14.2. The van der Waals surface area contributed by atoms with Gasteiger partial charge in [-0.25, -0.2) is 0 Å². The van der Waals surface area contributed by atoms with Gasteiger partial charge < -0.3 is 5.32 Å². The van der Waals surface area contributed by atoms with Crippen LogP contribution in [0.15, 0.2) is 46.9 Å². The number of aryl methyl sites for hydroxylation is 1. The molecule has 0 aliphatic rings. The van der Waals surface area contributed by atoms with Crippen LogP contribution in [0.3, 0.4) is 0 Å². The Kier molecular flexibility index (Phi) is 6.90. The standard InChI is InChI=1S/C18H21BrIN/c1-3-4-9-20-17-7-5-15(6-8-17)13-21-18-11-14(2)10-16(19)12-18/h5-12,21H,3-4,13H2,1-2H3. The zero-order valence-corrected chi connectivity index (χ0v) is 16.2. The summed E-state index contributed by atoms with van der Waals surface area (Å²) in [7, 11) is 0. The van der Waals surface area contributed by atoms with Gasteiger partial charge in [0.25, 0.3) is 0 Å². The fourth-order valence-corrected chi connectivity index (χ4v) is 4.80. The van der Waals surface area contributed by atoms with E-state index < -0.39 is 0 Å². The minimum Gasteiger partial charge on any atom is -0.381 e. The minimum absolute atomic E-state index is 0.0928. The van der Waals surface area contributed by atoms with Crippen LogP contribution in [0.2, 0.25) is 0 Å². The Labute approximate surface area is 146 Å². The molecule has 0 heterocycles. The Balaban J connectivity index is 1.94. The first-order chi connectivity index (χ1) is 10.2. The van der Waals surface area contributed by atoms with Crippen molar-refractivity contribution in [1.29, 1.82) is 0 Å². The van der Waals surface area contributed by atoms with E-state index in [-0.39, 0.29) is 20.7 Å². The second-order valence-corrected chi connectivity index (χ2v) is 8.71. The number of hydrogen-bond acceptors (Lipinski definition) is 1.